The summed E-state index contributed by atoms with van der Waals surface area (Å²) in [6.45, 7) is 13.1. The lowest BCUT2D eigenvalue weighted by atomic mass is 9.79. The van der Waals surface area contributed by atoms with E-state index in [0.29, 0.717) is 43.9 Å². The van der Waals surface area contributed by atoms with E-state index >= 15 is 4.39 Å². The van der Waals surface area contributed by atoms with E-state index in [9.17, 15) is 9.59 Å². The van der Waals surface area contributed by atoms with Gasteiger partial charge in [0.1, 0.15) is 18.0 Å². The minimum Gasteiger partial charge on any atom is -0.485 e. The number of benzene rings is 2. The highest BCUT2D eigenvalue weighted by molar-refractivity contribution is 5.80. The zero-order chi connectivity index (χ0) is 32.0. The highest BCUT2D eigenvalue weighted by Crippen LogP contribution is 2.39. The number of pyridine rings is 1. The molecule has 0 bridgehead atoms. The van der Waals surface area contributed by atoms with Gasteiger partial charge in [-0.1, -0.05) is 31.2 Å². The first-order valence-electron chi connectivity index (χ1n) is 15.0. The molecule has 0 saturated carbocycles. The van der Waals surface area contributed by atoms with Gasteiger partial charge in [-0.25, -0.2) is 4.39 Å². The number of aryl methyl sites for hydroxylation is 1. The topological polar surface area (TPSA) is 110 Å². The monoisotopic (exact) mass is 605 g/mol. The van der Waals surface area contributed by atoms with Crippen LogP contribution in [0.25, 0.3) is 0 Å². The first-order chi connectivity index (χ1) is 21.0. The van der Waals surface area contributed by atoms with Crippen molar-refractivity contribution in [3.05, 3.63) is 82.4 Å². The Bertz CT molecular complexity index is 1480. The fourth-order valence-electron chi connectivity index (χ4n) is 5.95. The van der Waals surface area contributed by atoms with Crippen LogP contribution in [0.2, 0.25) is 0 Å². The predicted molar refractivity (Wildman–Crippen MR) is 170 cm³/mol. The maximum Gasteiger partial charge on any atom is 0.293 e. The standard InChI is InChI=1S/C34H44FN5O4/c1-7-37-27-13-12-26(31(35)32(27)36)30(23(3)33(42)39(6)15-16-43-21-41)24-11-10-22(2)25(17-24)18-40-19-28-29(9-8-14-38-28)44-34(4,5)20-40/h8-14,17,21,23,30,37H,7,15-16,18-20,36H2,1-6H3. The van der Waals surface area contributed by atoms with Gasteiger partial charge in [0.2, 0.25) is 5.91 Å². The Balaban J connectivity index is 1.73. The van der Waals surface area contributed by atoms with E-state index in [2.05, 4.69) is 42.0 Å². The molecule has 1 aliphatic heterocycles. The van der Waals surface area contributed by atoms with E-state index in [0.717, 1.165) is 28.1 Å². The largest absolute Gasteiger partial charge is 0.485 e. The van der Waals surface area contributed by atoms with E-state index in [1.165, 1.54) is 4.90 Å². The number of nitrogens with one attached hydrogen (secondary N) is 1. The Labute approximate surface area is 259 Å². The maximum atomic E-state index is 16.0. The van der Waals surface area contributed by atoms with Crippen LogP contribution in [0, 0.1) is 18.7 Å². The Kier molecular flexibility index (Phi) is 10.5. The normalized spacial score (nSPS) is 15.7. The number of halogens is 1. The zero-order valence-electron chi connectivity index (χ0n) is 26.5. The molecule has 2 aromatic carbocycles. The Morgan fingerprint density at radius 2 is 2.07 bits per heavy atom. The number of rotatable bonds is 12. The van der Waals surface area contributed by atoms with Crippen molar-refractivity contribution in [3.8, 4) is 5.75 Å². The summed E-state index contributed by atoms with van der Waals surface area (Å²) in [7, 11) is 1.65. The van der Waals surface area contributed by atoms with Gasteiger partial charge in [0.25, 0.3) is 6.47 Å². The van der Waals surface area contributed by atoms with Crippen LogP contribution in [0.5, 0.6) is 5.75 Å². The fourth-order valence-corrected chi connectivity index (χ4v) is 5.95. The van der Waals surface area contributed by atoms with E-state index in [4.69, 9.17) is 15.2 Å². The van der Waals surface area contributed by atoms with Crippen LogP contribution in [-0.2, 0) is 27.4 Å². The number of amides is 1. The number of nitrogens with two attached hydrogens (primary N) is 1. The summed E-state index contributed by atoms with van der Waals surface area (Å²) in [5.41, 5.74) is 10.5. The molecule has 2 heterocycles. The van der Waals surface area contributed by atoms with Crippen molar-refractivity contribution in [1.29, 1.82) is 0 Å². The van der Waals surface area contributed by atoms with Gasteiger partial charge in [0.05, 0.1) is 23.6 Å². The lowest BCUT2D eigenvalue weighted by Crippen LogP contribution is -2.40. The first-order valence-corrected chi connectivity index (χ1v) is 15.0. The van der Waals surface area contributed by atoms with Gasteiger partial charge in [-0.2, -0.15) is 0 Å². The number of fused-ring (bicyclic) bond motifs is 1. The molecule has 1 amide bonds. The number of ether oxygens (including phenoxy) is 2. The quantitative estimate of drug-likeness (QED) is 0.166. The second kappa shape index (κ2) is 14.1. The molecule has 3 N–H and O–H groups in total. The van der Waals surface area contributed by atoms with E-state index in [1.54, 1.807) is 32.3 Å². The number of nitrogen functional groups attached to an aromatic ring is 1. The van der Waals surface area contributed by atoms with Gasteiger partial charge in [-0.15, -0.1) is 0 Å². The molecule has 3 aromatic rings. The third kappa shape index (κ3) is 7.48. The number of nitrogens with zero attached hydrogens (tertiary/aromatic N) is 3. The molecular formula is C34H44FN5O4. The summed E-state index contributed by atoms with van der Waals surface area (Å²) in [5, 5.41) is 3.10. The number of carbonyl (C=O) groups is 2. The van der Waals surface area contributed by atoms with Gasteiger partial charge < -0.3 is 25.4 Å². The SMILES string of the molecule is CCNc1ccc(C(c2ccc(C)c(CN3Cc4ncccc4OC(C)(C)C3)c2)C(C)C(=O)N(C)CCOC=O)c(F)c1N. The van der Waals surface area contributed by atoms with Crippen molar-refractivity contribution in [2.75, 3.05) is 44.3 Å². The zero-order valence-corrected chi connectivity index (χ0v) is 26.5. The third-order valence-electron chi connectivity index (χ3n) is 8.13. The number of aromatic nitrogens is 1. The molecule has 0 fully saturated rings. The molecule has 0 aliphatic carbocycles. The second-order valence-electron chi connectivity index (χ2n) is 12.1. The van der Waals surface area contributed by atoms with E-state index < -0.39 is 23.3 Å². The molecule has 4 rings (SSSR count). The molecule has 2 atom stereocenters. The molecule has 0 radical (unpaired) electrons. The number of hydrogen-bond donors (Lipinski definition) is 2. The highest BCUT2D eigenvalue weighted by atomic mass is 19.1. The molecule has 236 valence electrons. The van der Waals surface area contributed by atoms with Gasteiger partial charge >= 0.3 is 0 Å². The number of anilines is 2. The average Bonchev–Trinajstić information content (AvgIpc) is 3.11. The van der Waals surface area contributed by atoms with Crippen LogP contribution < -0.4 is 15.8 Å². The van der Waals surface area contributed by atoms with Crippen molar-refractivity contribution < 1.29 is 23.5 Å². The van der Waals surface area contributed by atoms with E-state index in [-0.39, 0.29) is 24.7 Å². The maximum absolute atomic E-state index is 16.0. The van der Waals surface area contributed by atoms with Crippen LogP contribution in [-0.4, -0.2) is 66.1 Å². The smallest absolute Gasteiger partial charge is 0.293 e. The lowest BCUT2D eigenvalue weighted by Gasteiger charge is -2.31. The number of carbonyl (C=O) groups excluding carboxylic acids is 2. The van der Waals surface area contributed by atoms with Crippen LogP contribution in [0.4, 0.5) is 15.8 Å². The first kappa shape index (κ1) is 32.7. The van der Waals surface area contributed by atoms with Crippen molar-refractivity contribution in [1.82, 2.24) is 14.8 Å². The summed E-state index contributed by atoms with van der Waals surface area (Å²) < 4.78 is 27.1. The number of hydrogen-bond acceptors (Lipinski definition) is 8. The van der Waals surface area contributed by atoms with Gasteiger partial charge in [0, 0.05) is 51.3 Å². The molecule has 1 aliphatic rings. The average molecular weight is 606 g/mol. The molecule has 9 nitrogen and oxygen atoms in total. The van der Waals surface area contributed by atoms with Crippen molar-refractivity contribution >= 4 is 23.8 Å². The van der Waals surface area contributed by atoms with Crippen LogP contribution in [0.1, 0.15) is 61.6 Å². The second-order valence-corrected chi connectivity index (χ2v) is 12.1. The molecule has 0 spiro atoms. The molecule has 0 saturated heterocycles. The van der Waals surface area contributed by atoms with Crippen molar-refractivity contribution in [3.63, 3.8) is 0 Å². The summed E-state index contributed by atoms with van der Waals surface area (Å²) in [6.07, 6.45) is 1.78. The molecule has 2 unspecified atom stereocenters. The van der Waals surface area contributed by atoms with Gasteiger partial charge in [-0.3, -0.25) is 19.5 Å². The molecule has 1 aromatic heterocycles. The minimum absolute atomic E-state index is 0.0204. The van der Waals surface area contributed by atoms with Gasteiger partial charge in [0.15, 0.2) is 5.82 Å². The Morgan fingerprint density at radius 3 is 2.80 bits per heavy atom. The predicted octanol–water partition coefficient (Wildman–Crippen LogP) is 5.12. The minimum atomic E-state index is -0.646. The lowest BCUT2D eigenvalue weighted by molar-refractivity contribution is -0.137. The molecule has 10 heteroatoms. The molecule has 44 heavy (non-hydrogen) atoms. The van der Waals surface area contributed by atoms with Crippen LogP contribution in [0.3, 0.4) is 0 Å². The van der Waals surface area contributed by atoms with E-state index in [1.807, 2.05) is 31.2 Å². The summed E-state index contributed by atoms with van der Waals surface area (Å²) in [6, 6.07) is 13.4. The Morgan fingerprint density at radius 1 is 1.30 bits per heavy atom. The van der Waals surface area contributed by atoms with Crippen LogP contribution in [0.15, 0.2) is 48.7 Å². The Hall–Kier alpha value is -4.18. The fraction of sp³-hybridized carbons (Fsp3) is 0.441. The molecular weight excluding hydrogens is 561 g/mol. The van der Waals surface area contributed by atoms with Crippen molar-refractivity contribution in [2.45, 2.75) is 59.2 Å². The highest BCUT2D eigenvalue weighted by Gasteiger charge is 2.33. The van der Waals surface area contributed by atoms with Gasteiger partial charge in [-0.05, 0) is 68.1 Å². The summed E-state index contributed by atoms with van der Waals surface area (Å²) >= 11 is 0. The van der Waals surface area contributed by atoms with Crippen LogP contribution >= 0.6 is 0 Å². The number of likely N-dealkylation sites (N-methyl/N-ethyl adjacent to an activating group) is 1. The third-order valence-corrected chi connectivity index (χ3v) is 8.13. The summed E-state index contributed by atoms with van der Waals surface area (Å²) in [4.78, 5) is 32.7. The van der Waals surface area contributed by atoms with Crippen molar-refractivity contribution in [2.24, 2.45) is 5.92 Å². The summed E-state index contributed by atoms with van der Waals surface area (Å²) in [5.74, 6) is -1.23.